The Morgan fingerprint density at radius 3 is 2.85 bits per heavy atom. The highest BCUT2D eigenvalue weighted by Gasteiger charge is 2.23. The zero-order valence-corrected chi connectivity index (χ0v) is 16.8. The lowest BCUT2D eigenvalue weighted by Crippen LogP contribution is -2.31. The summed E-state index contributed by atoms with van der Waals surface area (Å²) in [7, 11) is 2.11. The SMILES string of the molecule is Cc1ccc(OC2=C(NC(=O)C3CCCN(C)CC3)C=CCC=C2)c(Cl)c1. The molecular formula is C22H27ClN2O2. The Morgan fingerprint density at radius 1 is 1.22 bits per heavy atom. The molecule has 0 aromatic heterocycles. The van der Waals surface area contributed by atoms with Crippen molar-refractivity contribution in [2.75, 3.05) is 20.1 Å². The molecule has 1 fully saturated rings. The van der Waals surface area contributed by atoms with Crippen LogP contribution in [0.3, 0.4) is 0 Å². The summed E-state index contributed by atoms with van der Waals surface area (Å²) >= 11 is 6.31. The number of carbonyl (C=O) groups excluding carboxylic acids is 1. The van der Waals surface area contributed by atoms with Gasteiger partial charge in [0.15, 0.2) is 5.76 Å². The number of ether oxygens (including phenoxy) is 1. The van der Waals surface area contributed by atoms with E-state index in [4.69, 9.17) is 16.3 Å². The average Bonchev–Trinajstić information content (AvgIpc) is 2.98. The zero-order valence-electron chi connectivity index (χ0n) is 16.0. The summed E-state index contributed by atoms with van der Waals surface area (Å²) in [5.74, 6) is 1.29. The molecule has 4 nitrogen and oxygen atoms in total. The van der Waals surface area contributed by atoms with Crippen LogP contribution in [0, 0.1) is 12.8 Å². The molecule has 27 heavy (non-hydrogen) atoms. The molecule has 1 aromatic carbocycles. The number of carbonyl (C=O) groups is 1. The molecule has 1 unspecified atom stereocenters. The fourth-order valence-electron chi connectivity index (χ4n) is 3.35. The predicted octanol–water partition coefficient (Wildman–Crippen LogP) is 4.60. The molecule has 1 heterocycles. The first-order valence-corrected chi connectivity index (χ1v) is 9.91. The summed E-state index contributed by atoms with van der Waals surface area (Å²) in [5.41, 5.74) is 1.76. The van der Waals surface area contributed by atoms with Crippen molar-refractivity contribution in [1.29, 1.82) is 0 Å². The molecule has 0 spiro atoms. The minimum absolute atomic E-state index is 0.0345. The number of likely N-dealkylation sites (tertiary alicyclic amines) is 1. The average molecular weight is 387 g/mol. The number of halogens is 1. The Bertz CT molecular complexity index is 783. The van der Waals surface area contributed by atoms with Crippen molar-refractivity contribution in [2.24, 2.45) is 5.92 Å². The lowest BCUT2D eigenvalue weighted by molar-refractivity contribution is -0.124. The summed E-state index contributed by atoms with van der Waals surface area (Å²) in [4.78, 5) is 15.1. The molecule has 5 heteroatoms. The molecule has 1 aliphatic carbocycles. The van der Waals surface area contributed by atoms with Crippen LogP contribution >= 0.6 is 11.6 Å². The van der Waals surface area contributed by atoms with Gasteiger partial charge in [-0.25, -0.2) is 0 Å². The Balaban J connectivity index is 1.78. The van der Waals surface area contributed by atoms with Crippen molar-refractivity contribution >= 4 is 17.5 Å². The number of allylic oxidation sites excluding steroid dienone is 4. The first kappa shape index (κ1) is 19.7. The van der Waals surface area contributed by atoms with Gasteiger partial charge in [0.25, 0.3) is 0 Å². The highest BCUT2D eigenvalue weighted by atomic mass is 35.5. The Kier molecular flexibility index (Phi) is 6.75. The first-order chi connectivity index (χ1) is 13.0. The van der Waals surface area contributed by atoms with E-state index < -0.39 is 0 Å². The summed E-state index contributed by atoms with van der Waals surface area (Å²) in [6.07, 6.45) is 11.5. The largest absolute Gasteiger partial charge is 0.454 e. The van der Waals surface area contributed by atoms with Crippen molar-refractivity contribution in [2.45, 2.75) is 32.6 Å². The second-order valence-electron chi connectivity index (χ2n) is 7.27. The van der Waals surface area contributed by atoms with E-state index in [1.807, 2.05) is 49.4 Å². The molecule has 2 aliphatic rings. The fraction of sp³-hybridized carbons (Fsp3) is 0.409. The second-order valence-corrected chi connectivity index (χ2v) is 7.68. The number of aryl methyl sites for hydroxylation is 1. The number of rotatable bonds is 4. The summed E-state index contributed by atoms with van der Waals surface area (Å²) < 4.78 is 6.05. The summed E-state index contributed by atoms with van der Waals surface area (Å²) in [5, 5.41) is 3.65. The topological polar surface area (TPSA) is 41.6 Å². The van der Waals surface area contributed by atoms with Crippen LogP contribution in [0.25, 0.3) is 0 Å². The lowest BCUT2D eigenvalue weighted by Gasteiger charge is -2.17. The number of hydrogen-bond donors (Lipinski definition) is 1. The van der Waals surface area contributed by atoms with Gasteiger partial charge in [-0.3, -0.25) is 4.79 Å². The van der Waals surface area contributed by atoms with Crippen LogP contribution in [0.15, 0.2) is 54.0 Å². The highest BCUT2D eigenvalue weighted by Crippen LogP contribution is 2.28. The van der Waals surface area contributed by atoms with Gasteiger partial charge in [-0.15, -0.1) is 0 Å². The minimum atomic E-state index is 0.0345. The normalized spacial score (nSPS) is 20.9. The summed E-state index contributed by atoms with van der Waals surface area (Å²) in [6, 6.07) is 5.68. The van der Waals surface area contributed by atoms with E-state index in [2.05, 4.69) is 17.3 Å². The van der Waals surface area contributed by atoms with Crippen molar-refractivity contribution in [1.82, 2.24) is 10.2 Å². The van der Waals surface area contributed by atoms with Gasteiger partial charge in [0.2, 0.25) is 5.91 Å². The molecule has 0 radical (unpaired) electrons. The van der Waals surface area contributed by atoms with Crippen LogP contribution in [0.1, 0.15) is 31.2 Å². The Morgan fingerprint density at radius 2 is 2.04 bits per heavy atom. The minimum Gasteiger partial charge on any atom is -0.454 e. The van der Waals surface area contributed by atoms with Crippen LogP contribution < -0.4 is 10.1 Å². The van der Waals surface area contributed by atoms with Crippen LogP contribution in [0.2, 0.25) is 5.02 Å². The molecule has 3 rings (SSSR count). The zero-order chi connectivity index (χ0) is 19.2. The van der Waals surface area contributed by atoms with Crippen LogP contribution in [-0.2, 0) is 4.79 Å². The van der Waals surface area contributed by atoms with Crippen LogP contribution in [-0.4, -0.2) is 30.9 Å². The standard InChI is InChI=1S/C22H27ClN2O2/c1-16-10-11-20(18(23)15-16)27-21-9-5-3-4-8-19(21)24-22(26)17-7-6-13-25(2)14-12-17/h4-5,8-11,15,17H,3,6-7,12-14H2,1-2H3,(H,24,26). The van der Waals surface area contributed by atoms with E-state index in [0.29, 0.717) is 22.2 Å². The van der Waals surface area contributed by atoms with Gasteiger partial charge in [-0.05, 0) is 82.6 Å². The van der Waals surface area contributed by atoms with E-state index in [9.17, 15) is 4.79 Å². The molecule has 0 saturated carbocycles. The van der Waals surface area contributed by atoms with Gasteiger partial charge in [0, 0.05) is 5.92 Å². The van der Waals surface area contributed by atoms with Crippen molar-refractivity contribution in [3.63, 3.8) is 0 Å². The van der Waals surface area contributed by atoms with Gasteiger partial charge in [-0.1, -0.05) is 29.8 Å². The third-order valence-corrected chi connectivity index (χ3v) is 5.27. The maximum Gasteiger partial charge on any atom is 0.227 e. The van der Waals surface area contributed by atoms with E-state index >= 15 is 0 Å². The first-order valence-electron chi connectivity index (χ1n) is 9.53. The van der Waals surface area contributed by atoms with Gasteiger partial charge in [-0.2, -0.15) is 0 Å². The van der Waals surface area contributed by atoms with E-state index in [1.54, 1.807) is 0 Å². The molecule has 1 aromatic rings. The van der Waals surface area contributed by atoms with Crippen molar-refractivity contribution in [3.05, 3.63) is 64.5 Å². The van der Waals surface area contributed by atoms with Gasteiger partial charge < -0.3 is 15.0 Å². The molecule has 144 valence electrons. The smallest absolute Gasteiger partial charge is 0.227 e. The number of hydrogen-bond acceptors (Lipinski definition) is 3. The lowest BCUT2D eigenvalue weighted by atomic mass is 9.99. The third-order valence-electron chi connectivity index (χ3n) is 4.98. The van der Waals surface area contributed by atoms with E-state index in [1.165, 1.54) is 0 Å². The monoisotopic (exact) mass is 386 g/mol. The number of benzene rings is 1. The molecular weight excluding hydrogens is 360 g/mol. The van der Waals surface area contributed by atoms with E-state index in [-0.39, 0.29) is 11.8 Å². The highest BCUT2D eigenvalue weighted by molar-refractivity contribution is 6.32. The van der Waals surface area contributed by atoms with Crippen molar-refractivity contribution < 1.29 is 9.53 Å². The van der Waals surface area contributed by atoms with Crippen LogP contribution in [0.4, 0.5) is 0 Å². The predicted molar refractivity (Wildman–Crippen MR) is 110 cm³/mol. The Hall–Kier alpha value is -2.04. The molecule has 1 saturated heterocycles. The second kappa shape index (κ2) is 9.25. The van der Waals surface area contributed by atoms with Gasteiger partial charge >= 0.3 is 0 Å². The molecule has 1 atom stereocenters. The fourth-order valence-corrected chi connectivity index (χ4v) is 3.62. The maximum atomic E-state index is 12.8. The Labute approximate surface area is 166 Å². The molecule has 0 bridgehead atoms. The van der Waals surface area contributed by atoms with Gasteiger partial charge in [0.05, 0.1) is 10.7 Å². The van der Waals surface area contributed by atoms with Gasteiger partial charge in [0.1, 0.15) is 5.75 Å². The quantitative estimate of drug-likeness (QED) is 0.821. The maximum absolute atomic E-state index is 12.8. The molecule has 1 amide bonds. The third kappa shape index (κ3) is 5.47. The number of amides is 1. The van der Waals surface area contributed by atoms with E-state index in [0.717, 1.165) is 44.3 Å². The number of nitrogens with zero attached hydrogens (tertiary/aromatic N) is 1. The van der Waals surface area contributed by atoms with Crippen molar-refractivity contribution in [3.8, 4) is 5.75 Å². The summed E-state index contributed by atoms with van der Waals surface area (Å²) in [6.45, 7) is 3.99. The number of nitrogens with one attached hydrogen (secondary N) is 1. The van der Waals surface area contributed by atoms with Crippen LogP contribution in [0.5, 0.6) is 5.75 Å². The molecule has 1 aliphatic heterocycles. The molecule has 1 N–H and O–H groups in total.